The van der Waals surface area contributed by atoms with Crippen LogP contribution in [0.2, 0.25) is 0 Å². The zero-order chi connectivity index (χ0) is 21.6. The minimum Gasteiger partial charge on any atom is -0.267 e. The number of amides is 1. The Morgan fingerprint density at radius 3 is 2.42 bits per heavy atom. The van der Waals surface area contributed by atoms with E-state index in [9.17, 15) is 14.9 Å². The van der Waals surface area contributed by atoms with Crippen molar-refractivity contribution >= 4 is 17.8 Å². The second-order valence-corrected chi connectivity index (χ2v) is 6.59. The van der Waals surface area contributed by atoms with Crippen LogP contribution in [-0.4, -0.2) is 26.8 Å². The van der Waals surface area contributed by atoms with Gasteiger partial charge in [0, 0.05) is 35.0 Å². The molecule has 1 N–H and O–H groups in total. The predicted octanol–water partition coefficient (Wildman–Crippen LogP) is 4.21. The van der Waals surface area contributed by atoms with Gasteiger partial charge in [0.1, 0.15) is 5.69 Å². The van der Waals surface area contributed by atoms with Crippen molar-refractivity contribution in [2.45, 2.75) is 0 Å². The second kappa shape index (κ2) is 8.83. The molecule has 4 aromatic rings. The molecule has 0 saturated heterocycles. The highest BCUT2D eigenvalue weighted by Crippen LogP contribution is 2.22. The summed E-state index contributed by atoms with van der Waals surface area (Å²) in [5.74, 6) is -0.545. The van der Waals surface area contributed by atoms with Crippen LogP contribution in [0.5, 0.6) is 0 Å². The number of rotatable bonds is 6. The normalized spacial score (nSPS) is 10.8. The SMILES string of the molecule is O=C(NN=Cc1cn(-c2ccccc2)nc1-c1ccccc1)c1cccc([N+](=O)[O-])c1. The molecule has 0 spiro atoms. The van der Waals surface area contributed by atoms with Gasteiger partial charge in [0.25, 0.3) is 11.6 Å². The van der Waals surface area contributed by atoms with Crippen molar-refractivity contribution in [3.05, 3.63) is 112 Å². The van der Waals surface area contributed by atoms with Gasteiger partial charge in [-0.15, -0.1) is 0 Å². The van der Waals surface area contributed by atoms with Crippen LogP contribution in [0.25, 0.3) is 16.9 Å². The fraction of sp³-hybridized carbons (Fsp3) is 0. The number of hydrogen-bond donors (Lipinski definition) is 1. The Morgan fingerprint density at radius 2 is 1.71 bits per heavy atom. The molecule has 31 heavy (non-hydrogen) atoms. The van der Waals surface area contributed by atoms with Crippen LogP contribution in [0.15, 0.2) is 96.2 Å². The van der Waals surface area contributed by atoms with Gasteiger partial charge in [0.15, 0.2) is 0 Å². The first-order valence-electron chi connectivity index (χ1n) is 9.40. The third kappa shape index (κ3) is 4.54. The lowest BCUT2D eigenvalue weighted by Gasteiger charge is -2.00. The van der Waals surface area contributed by atoms with E-state index in [1.165, 1.54) is 30.5 Å². The Morgan fingerprint density at radius 1 is 1.00 bits per heavy atom. The first-order chi connectivity index (χ1) is 15.1. The molecule has 4 rings (SSSR count). The number of nitro groups is 1. The maximum Gasteiger partial charge on any atom is 0.271 e. The van der Waals surface area contributed by atoms with Crippen molar-refractivity contribution in [1.82, 2.24) is 15.2 Å². The molecule has 0 fully saturated rings. The number of para-hydroxylation sites is 1. The van der Waals surface area contributed by atoms with E-state index < -0.39 is 10.8 Å². The number of carbonyl (C=O) groups is 1. The Bertz CT molecular complexity index is 1250. The zero-order valence-corrected chi connectivity index (χ0v) is 16.3. The molecule has 0 bridgehead atoms. The number of hydrogen-bond acceptors (Lipinski definition) is 5. The maximum atomic E-state index is 12.3. The summed E-state index contributed by atoms with van der Waals surface area (Å²) in [5, 5.41) is 19.6. The van der Waals surface area contributed by atoms with Gasteiger partial charge in [-0.1, -0.05) is 54.6 Å². The largest absolute Gasteiger partial charge is 0.271 e. The van der Waals surface area contributed by atoms with Gasteiger partial charge in [0.2, 0.25) is 0 Å². The van der Waals surface area contributed by atoms with Crippen LogP contribution in [-0.2, 0) is 0 Å². The highest BCUT2D eigenvalue weighted by molar-refractivity contribution is 5.96. The number of hydrazone groups is 1. The topological polar surface area (TPSA) is 102 Å². The first kappa shape index (κ1) is 19.7. The Labute approximate surface area is 177 Å². The summed E-state index contributed by atoms with van der Waals surface area (Å²) in [6.07, 6.45) is 3.32. The third-order valence-corrected chi connectivity index (χ3v) is 4.50. The number of benzene rings is 3. The van der Waals surface area contributed by atoms with Crippen molar-refractivity contribution in [3.8, 4) is 16.9 Å². The van der Waals surface area contributed by atoms with E-state index >= 15 is 0 Å². The molecule has 0 atom stereocenters. The number of aromatic nitrogens is 2. The smallest absolute Gasteiger partial charge is 0.267 e. The molecule has 0 aliphatic carbocycles. The van der Waals surface area contributed by atoms with Gasteiger partial charge >= 0.3 is 0 Å². The van der Waals surface area contributed by atoms with Crippen LogP contribution in [0, 0.1) is 10.1 Å². The van der Waals surface area contributed by atoms with Gasteiger partial charge in [0.05, 0.1) is 16.8 Å². The monoisotopic (exact) mass is 411 g/mol. The Kier molecular flexibility index (Phi) is 5.62. The fourth-order valence-corrected chi connectivity index (χ4v) is 3.00. The molecule has 1 heterocycles. The summed E-state index contributed by atoms with van der Waals surface area (Å²) in [4.78, 5) is 22.7. The van der Waals surface area contributed by atoms with E-state index in [1.54, 1.807) is 4.68 Å². The summed E-state index contributed by atoms with van der Waals surface area (Å²) in [6, 6.07) is 24.8. The van der Waals surface area contributed by atoms with E-state index in [0.717, 1.165) is 11.3 Å². The summed E-state index contributed by atoms with van der Waals surface area (Å²) >= 11 is 0. The molecular formula is C23H17N5O3. The molecule has 3 aromatic carbocycles. The van der Waals surface area contributed by atoms with Crippen LogP contribution >= 0.6 is 0 Å². The van der Waals surface area contributed by atoms with Crippen LogP contribution in [0.4, 0.5) is 5.69 Å². The van der Waals surface area contributed by atoms with Gasteiger partial charge < -0.3 is 0 Å². The summed E-state index contributed by atoms with van der Waals surface area (Å²) in [7, 11) is 0. The quantitative estimate of drug-likeness (QED) is 0.292. The average molecular weight is 411 g/mol. The van der Waals surface area contributed by atoms with Gasteiger partial charge in [-0.05, 0) is 18.2 Å². The molecule has 0 aliphatic rings. The van der Waals surface area contributed by atoms with E-state index in [-0.39, 0.29) is 11.3 Å². The minimum absolute atomic E-state index is 0.148. The lowest BCUT2D eigenvalue weighted by Crippen LogP contribution is -2.17. The van der Waals surface area contributed by atoms with E-state index in [0.29, 0.717) is 11.3 Å². The van der Waals surface area contributed by atoms with Gasteiger partial charge in [-0.2, -0.15) is 10.2 Å². The minimum atomic E-state index is -0.551. The summed E-state index contributed by atoms with van der Waals surface area (Å²) in [5.41, 5.74) is 5.60. The molecule has 1 aromatic heterocycles. The standard InChI is InChI=1S/C23H17N5O3/c29-23(18-10-7-13-21(14-18)28(30)31)25-24-15-19-16-27(20-11-5-2-6-12-20)26-22(19)17-8-3-1-4-9-17/h1-16H,(H,25,29). The number of nitrogens with one attached hydrogen (secondary N) is 1. The second-order valence-electron chi connectivity index (χ2n) is 6.59. The molecule has 1 amide bonds. The van der Waals surface area contributed by atoms with Crippen molar-refractivity contribution < 1.29 is 9.72 Å². The van der Waals surface area contributed by atoms with E-state index in [1.807, 2.05) is 66.9 Å². The van der Waals surface area contributed by atoms with E-state index in [4.69, 9.17) is 0 Å². The molecule has 0 unspecified atom stereocenters. The van der Waals surface area contributed by atoms with Crippen molar-refractivity contribution in [2.24, 2.45) is 5.10 Å². The van der Waals surface area contributed by atoms with Crippen molar-refractivity contribution in [2.75, 3.05) is 0 Å². The molecular weight excluding hydrogens is 394 g/mol. The number of nitro benzene ring substituents is 1. The van der Waals surface area contributed by atoms with Crippen LogP contribution in [0.1, 0.15) is 15.9 Å². The van der Waals surface area contributed by atoms with Crippen molar-refractivity contribution in [1.29, 1.82) is 0 Å². The predicted molar refractivity (Wildman–Crippen MR) is 117 cm³/mol. The maximum absolute atomic E-state index is 12.3. The Hall–Kier alpha value is -4.59. The van der Waals surface area contributed by atoms with E-state index in [2.05, 4.69) is 15.6 Å². The summed E-state index contributed by atoms with van der Waals surface area (Å²) < 4.78 is 1.74. The number of nitrogens with zero attached hydrogens (tertiary/aromatic N) is 4. The number of carbonyl (C=O) groups excluding carboxylic acids is 1. The third-order valence-electron chi connectivity index (χ3n) is 4.50. The van der Waals surface area contributed by atoms with Crippen LogP contribution < -0.4 is 5.43 Å². The lowest BCUT2D eigenvalue weighted by molar-refractivity contribution is -0.384. The first-order valence-corrected chi connectivity index (χ1v) is 9.40. The number of non-ortho nitro benzene ring substituents is 1. The Balaban J connectivity index is 1.60. The summed E-state index contributed by atoms with van der Waals surface area (Å²) in [6.45, 7) is 0. The highest BCUT2D eigenvalue weighted by atomic mass is 16.6. The van der Waals surface area contributed by atoms with Crippen molar-refractivity contribution in [3.63, 3.8) is 0 Å². The molecule has 8 nitrogen and oxygen atoms in total. The zero-order valence-electron chi connectivity index (χ0n) is 16.3. The molecule has 0 radical (unpaired) electrons. The molecule has 0 aliphatic heterocycles. The van der Waals surface area contributed by atoms with Crippen LogP contribution in [0.3, 0.4) is 0 Å². The molecule has 0 saturated carbocycles. The van der Waals surface area contributed by atoms with Gasteiger partial charge in [-0.3, -0.25) is 14.9 Å². The lowest BCUT2D eigenvalue weighted by atomic mass is 10.1. The average Bonchev–Trinajstić information content (AvgIpc) is 3.24. The fourth-order valence-electron chi connectivity index (χ4n) is 3.00. The highest BCUT2D eigenvalue weighted by Gasteiger charge is 2.12. The van der Waals surface area contributed by atoms with Gasteiger partial charge in [-0.25, -0.2) is 10.1 Å². The molecule has 152 valence electrons. The molecule has 8 heteroatoms.